The molecule has 38 heavy (non-hydrogen) atoms. The first-order valence-corrected chi connectivity index (χ1v) is 12.0. The second-order valence-electron chi connectivity index (χ2n) is 8.54. The van der Waals surface area contributed by atoms with Crippen LogP contribution in [0.5, 0.6) is 0 Å². The number of rotatable bonds is 7. The molecule has 1 saturated heterocycles. The Morgan fingerprint density at radius 3 is 1.61 bits per heavy atom. The van der Waals surface area contributed by atoms with Crippen molar-refractivity contribution in [1.82, 2.24) is 4.90 Å². The molecule has 0 aliphatic carbocycles. The number of nitrogens with zero attached hydrogens (tertiary/aromatic N) is 1. The van der Waals surface area contributed by atoms with Crippen molar-refractivity contribution in [2.24, 2.45) is 0 Å². The predicted octanol–water partition coefficient (Wildman–Crippen LogP) is 3.50. The Bertz CT molecular complexity index is 1270. The highest BCUT2D eigenvalue weighted by atomic mass is 16.7. The van der Waals surface area contributed by atoms with Crippen LogP contribution in [0, 0.1) is 0 Å². The monoisotopic (exact) mass is 517 g/mol. The minimum atomic E-state index is -1.30. The van der Waals surface area contributed by atoms with Gasteiger partial charge < -0.3 is 18.9 Å². The van der Waals surface area contributed by atoms with Crippen molar-refractivity contribution in [1.29, 1.82) is 0 Å². The first kappa shape index (κ1) is 26.7. The smallest absolute Gasteiger partial charge is 0.338 e. The van der Waals surface area contributed by atoms with E-state index in [2.05, 4.69) is 0 Å². The summed E-state index contributed by atoms with van der Waals surface area (Å²) in [6.45, 7) is 1.01. The van der Waals surface area contributed by atoms with Crippen LogP contribution in [0.1, 0.15) is 38.0 Å². The number of imide groups is 1. The summed E-state index contributed by atoms with van der Waals surface area (Å²) in [5.41, 5.74) is 0.743. The third-order valence-electron chi connectivity index (χ3n) is 6.05. The molecule has 1 heterocycles. The molecule has 4 rings (SSSR count). The highest BCUT2D eigenvalue weighted by Crippen LogP contribution is 2.28. The Labute approximate surface area is 219 Å². The standard InChI is InChI=1S/C29H27NO8/c1-19(31)30(26(32)20-12-6-3-7-13-20)23-18-36-29(35-2)25(38-28(34)22-16-10-5-11-17-22)24(23)37-27(33)21-14-8-4-9-15-21/h3-17,23-25,29H,18H2,1-2H3/t23-,24-,25-,29-/m1/s1. The van der Waals surface area contributed by atoms with Gasteiger partial charge in [0.15, 0.2) is 18.5 Å². The van der Waals surface area contributed by atoms with E-state index in [4.69, 9.17) is 18.9 Å². The molecule has 0 unspecified atom stereocenters. The van der Waals surface area contributed by atoms with Crippen molar-refractivity contribution in [3.8, 4) is 0 Å². The van der Waals surface area contributed by atoms with Gasteiger partial charge in [-0.05, 0) is 36.4 Å². The first-order chi connectivity index (χ1) is 18.4. The Kier molecular flexibility index (Phi) is 8.62. The van der Waals surface area contributed by atoms with Gasteiger partial charge in [0.05, 0.1) is 17.7 Å². The summed E-state index contributed by atoms with van der Waals surface area (Å²) >= 11 is 0. The number of carbonyl (C=O) groups excluding carboxylic acids is 4. The van der Waals surface area contributed by atoms with E-state index in [1.807, 2.05) is 0 Å². The molecule has 1 fully saturated rings. The highest BCUT2D eigenvalue weighted by Gasteiger charge is 2.50. The van der Waals surface area contributed by atoms with Crippen LogP contribution in [-0.4, -0.2) is 66.9 Å². The molecule has 2 amide bonds. The normalized spacial score (nSPS) is 20.7. The summed E-state index contributed by atoms with van der Waals surface area (Å²) in [5.74, 6) is -2.66. The van der Waals surface area contributed by atoms with Gasteiger partial charge in [-0.25, -0.2) is 9.59 Å². The molecule has 4 atom stereocenters. The zero-order valence-electron chi connectivity index (χ0n) is 20.9. The molecule has 9 heteroatoms. The molecule has 0 spiro atoms. The lowest BCUT2D eigenvalue weighted by Gasteiger charge is -2.43. The van der Waals surface area contributed by atoms with E-state index in [0.717, 1.165) is 4.90 Å². The highest BCUT2D eigenvalue weighted by molar-refractivity contribution is 6.04. The van der Waals surface area contributed by atoms with Gasteiger partial charge in [0.1, 0.15) is 6.04 Å². The van der Waals surface area contributed by atoms with E-state index >= 15 is 0 Å². The lowest BCUT2D eigenvalue weighted by atomic mass is 9.98. The number of ether oxygens (including phenoxy) is 4. The van der Waals surface area contributed by atoms with Gasteiger partial charge in [-0.3, -0.25) is 14.5 Å². The molecule has 0 radical (unpaired) electrons. The molecule has 0 bridgehead atoms. The summed E-state index contributed by atoms with van der Waals surface area (Å²) in [5, 5.41) is 0. The van der Waals surface area contributed by atoms with Crippen LogP contribution >= 0.6 is 0 Å². The SMILES string of the molecule is CO[C@@H]1OC[C@@H](N(C(C)=O)C(=O)c2ccccc2)[C@@H](OC(=O)c2ccccc2)[C@H]1OC(=O)c1ccccc1. The van der Waals surface area contributed by atoms with Crippen LogP contribution in [-0.2, 0) is 23.7 Å². The van der Waals surface area contributed by atoms with E-state index in [1.165, 1.54) is 14.0 Å². The lowest BCUT2D eigenvalue weighted by Crippen LogP contribution is -2.64. The molecular formula is C29H27NO8. The van der Waals surface area contributed by atoms with E-state index < -0.39 is 48.3 Å². The zero-order valence-corrected chi connectivity index (χ0v) is 20.9. The van der Waals surface area contributed by atoms with Crippen molar-refractivity contribution >= 4 is 23.8 Å². The van der Waals surface area contributed by atoms with Crippen LogP contribution in [0.3, 0.4) is 0 Å². The third kappa shape index (κ3) is 5.96. The molecule has 1 aliphatic heterocycles. The summed E-state index contributed by atoms with van der Waals surface area (Å²) in [6, 6.07) is 23.5. The maximum Gasteiger partial charge on any atom is 0.338 e. The zero-order chi connectivity index (χ0) is 27.1. The average Bonchev–Trinajstić information content (AvgIpc) is 2.95. The van der Waals surface area contributed by atoms with Gasteiger partial charge in [-0.1, -0.05) is 54.6 Å². The van der Waals surface area contributed by atoms with Gasteiger partial charge in [-0.15, -0.1) is 0 Å². The minimum Gasteiger partial charge on any atom is -0.452 e. The number of hydrogen-bond acceptors (Lipinski definition) is 8. The largest absolute Gasteiger partial charge is 0.452 e. The average molecular weight is 518 g/mol. The predicted molar refractivity (Wildman–Crippen MR) is 135 cm³/mol. The van der Waals surface area contributed by atoms with Crippen molar-refractivity contribution < 1.29 is 38.1 Å². The summed E-state index contributed by atoms with van der Waals surface area (Å²) < 4.78 is 22.8. The van der Waals surface area contributed by atoms with Crippen molar-refractivity contribution in [2.75, 3.05) is 13.7 Å². The fourth-order valence-electron chi connectivity index (χ4n) is 4.23. The number of carbonyl (C=O) groups is 4. The molecule has 196 valence electrons. The number of methoxy groups -OCH3 is 1. The maximum atomic E-state index is 13.5. The second-order valence-corrected chi connectivity index (χ2v) is 8.54. The van der Waals surface area contributed by atoms with Gasteiger partial charge in [0.2, 0.25) is 5.91 Å². The fourth-order valence-corrected chi connectivity index (χ4v) is 4.23. The number of esters is 2. The molecule has 3 aromatic carbocycles. The Hall–Kier alpha value is -4.34. The molecule has 3 aromatic rings. The van der Waals surface area contributed by atoms with Crippen molar-refractivity contribution in [3.63, 3.8) is 0 Å². The quantitative estimate of drug-likeness (QED) is 0.438. The van der Waals surface area contributed by atoms with Gasteiger partial charge in [-0.2, -0.15) is 0 Å². The molecule has 0 saturated carbocycles. The Morgan fingerprint density at radius 2 is 1.16 bits per heavy atom. The van der Waals surface area contributed by atoms with Crippen LogP contribution in [0.4, 0.5) is 0 Å². The second kappa shape index (κ2) is 12.3. The van der Waals surface area contributed by atoms with E-state index in [9.17, 15) is 19.2 Å². The van der Waals surface area contributed by atoms with Crippen LogP contribution in [0.2, 0.25) is 0 Å². The summed E-state index contributed by atoms with van der Waals surface area (Å²) in [7, 11) is 1.35. The van der Waals surface area contributed by atoms with E-state index in [-0.39, 0.29) is 23.3 Å². The molecule has 9 nitrogen and oxygen atoms in total. The van der Waals surface area contributed by atoms with Crippen molar-refractivity contribution in [2.45, 2.75) is 31.5 Å². The van der Waals surface area contributed by atoms with E-state index in [0.29, 0.717) is 0 Å². The minimum absolute atomic E-state index is 0.219. The van der Waals surface area contributed by atoms with Crippen LogP contribution in [0.25, 0.3) is 0 Å². The number of hydrogen-bond donors (Lipinski definition) is 0. The van der Waals surface area contributed by atoms with E-state index in [1.54, 1.807) is 91.0 Å². The van der Waals surface area contributed by atoms with Crippen molar-refractivity contribution in [3.05, 3.63) is 108 Å². The maximum absolute atomic E-state index is 13.5. The molecule has 1 aliphatic rings. The number of amides is 2. The Morgan fingerprint density at radius 1 is 0.711 bits per heavy atom. The van der Waals surface area contributed by atoms with Gasteiger partial charge >= 0.3 is 11.9 Å². The lowest BCUT2D eigenvalue weighted by molar-refractivity contribution is -0.247. The van der Waals surface area contributed by atoms with Crippen LogP contribution < -0.4 is 0 Å². The molecule has 0 N–H and O–H groups in total. The third-order valence-corrected chi connectivity index (χ3v) is 6.05. The first-order valence-electron chi connectivity index (χ1n) is 12.0. The summed E-state index contributed by atoms with van der Waals surface area (Å²) in [4.78, 5) is 53.4. The molecular weight excluding hydrogens is 490 g/mol. The molecule has 0 aromatic heterocycles. The Balaban J connectivity index is 1.73. The van der Waals surface area contributed by atoms with Crippen LogP contribution in [0.15, 0.2) is 91.0 Å². The van der Waals surface area contributed by atoms with Gasteiger partial charge in [0.25, 0.3) is 5.91 Å². The summed E-state index contributed by atoms with van der Waals surface area (Å²) in [6.07, 6.45) is -3.73. The topological polar surface area (TPSA) is 108 Å². The fraction of sp³-hybridized carbons (Fsp3) is 0.241. The van der Waals surface area contributed by atoms with Gasteiger partial charge in [0, 0.05) is 19.6 Å². The number of benzene rings is 3.